The Morgan fingerprint density at radius 1 is 1.16 bits per heavy atom. The van der Waals surface area contributed by atoms with Crippen molar-refractivity contribution in [1.29, 1.82) is 0 Å². The summed E-state index contributed by atoms with van der Waals surface area (Å²) < 4.78 is 39.6. The first kappa shape index (κ1) is 17.7. The van der Waals surface area contributed by atoms with Crippen molar-refractivity contribution < 1.29 is 23.0 Å². The van der Waals surface area contributed by atoms with E-state index in [2.05, 4.69) is 5.10 Å². The molecule has 8 nitrogen and oxygen atoms in total. The molecule has 0 saturated heterocycles. The largest absolute Gasteiger partial charge is 0.493 e. The van der Waals surface area contributed by atoms with Crippen molar-refractivity contribution in [2.45, 2.75) is 31.0 Å². The fourth-order valence-corrected chi connectivity index (χ4v) is 4.37. The molecule has 136 valence electrons. The van der Waals surface area contributed by atoms with Crippen LogP contribution < -0.4 is 9.47 Å². The first-order valence-electron chi connectivity index (χ1n) is 7.88. The first-order chi connectivity index (χ1) is 12.0. The van der Waals surface area contributed by atoms with Crippen molar-refractivity contribution >= 4 is 10.0 Å². The Bertz CT molecular complexity index is 863. The van der Waals surface area contributed by atoms with Crippen LogP contribution in [-0.2, 0) is 29.7 Å². The molecule has 2 heterocycles. The number of aromatic nitrogens is 2. The van der Waals surface area contributed by atoms with Crippen molar-refractivity contribution in [3.8, 4) is 11.5 Å². The minimum absolute atomic E-state index is 0.153. The summed E-state index contributed by atoms with van der Waals surface area (Å²) in [7, 11) is -0.721. The molecule has 0 aliphatic carbocycles. The SMILES string of the molecule is COc1ccc(S(=O)(=O)N2CCCn3nc(CO)cc3C2)cc1OC. The van der Waals surface area contributed by atoms with Crippen LogP contribution >= 0.6 is 0 Å². The maximum Gasteiger partial charge on any atom is 0.243 e. The molecule has 0 atom stereocenters. The molecule has 0 radical (unpaired) electrons. The van der Waals surface area contributed by atoms with Crippen LogP contribution in [0.1, 0.15) is 17.8 Å². The zero-order valence-electron chi connectivity index (χ0n) is 14.2. The van der Waals surface area contributed by atoms with Crippen molar-refractivity contribution in [1.82, 2.24) is 14.1 Å². The fraction of sp³-hybridized carbons (Fsp3) is 0.438. The van der Waals surface area contributed by atoms with Crippen molar-refractivity contribution in [3.05, 3.63) is 35.7 Å². The molecule has 1 N–H and O–H groups in total. The molecule has 3 rings (SSSR count). The number of sulfonamides is 1. The number of aryl methyl sites for hydroxylation is 1. The summed E-state index contributed by atoms with van der Waals surface area (Å²) in [5.74, 6) is 0.842. The van der Waals surface area contributed by atoms with Gasteiger partial charge in [0.05, 0.1) is 43.7 Å². The van der Waals surface area contributed by atoms with Gasteiger partial charge in [0.15, 0.2) is 11.5 Å². The monoisotopic (exact) mass is 367 g/mol. The summed E-state index contributed by atoms with van der Waals surface area (Å²) in [6, 6.07) is 6.30. The van der Waals surface area contributed by atoms with Crippen LogP contribution in [0.25, 0.3) is 0 Å². The van der Waals surface area contributed by atoms with Gasteiger partial charge in [0.25, 0.3) is 0 Å². The van der Waals surface area contributed by atoms with Crippen LogP contribution in [0.4, 0.5) is 0 Å². The third kappa shape index (κ3) is 3.35. The molecule has 0 amide bonds. The highest BCUT2D eigenvalue weighted by Gasteiger charge is 2.28. The maximum absolute atomic E-state index is 13.0. The lowest BCUT2D eigenvalue weighted by molar-refractivity contribution is 0.275. The van der Waals surface area contributed by atoms with Gasteiger partial charge in [-0.2, -0.15) is 9.40 Å². The molecule has 1 aromatic heterocycles. The van der Waals surface area contributed by atoms with Crippen LogP contribution in [-0.4, -0.2) is 48.4 Å². The average Bonchev–Trinajstić information content (AvgIpc) is 2.91. The summed E-state index contributed by atoms with van der Waals surface area (Å²) in [6.07, 6.45) is 0.645. The number of hydrogen-bond acceptors (Lipinski definition) is 6. The lowest BCUT2D eigenvalue weighted by atomic mass is 10.3. The second-order valence-electron chi connectivity index (χ2n) is 5.72. The van der Waals surface area contributed by atoms with E-state index in [1.807, 2.05) is 0 Å². The van der Waals surface area contributed by atoms with Crippen LogP contribution in [0.5, 0.6) is 11.5 Å². The molecule has 9 heteroatoms. The number of methoxy groups -OCH3 is 2. The molecule has 0 spiro atoms. The molecule has 1 aliphatic rings. The summed E-state index contributed by atoms with van der Waals surface area (Å²) in [5.41, 5.74) is 1.31. The van der Waals surface area contributed by atoms with E-state index < -0.39 is 10.0 Å². The normalized spacial score (nSPS) is 15.5. The van der Waals surface area contributed by atoms with Crippen LogP contribution in [0.3, 0.4) is 0 Å². The van der Waals surface area contributed by atoms with Gasteiger partial charge in [-0.05, 0) is 24.6 Å². The smallest absolute Gasteiger partial charge is 0.243 e. The van der Waals surface area contributed by atoms with E-state index in [9.17, 15) is 13.5 Å². The van der Waals surface area contributed by atoms with Crippen molar-refractivity contribution in [2.75, 3.05) is 20.8 Å². The minimum Gasteiger partial charge on any atom is -0.493 e. The Morgan fingerprint density at radius 2 is 1.92 bits per heavy atom. The van der Waals surface area contributed by atoms with Gasteiger partial charge in [-0.3, -0.25) is 4.68 Å². The maximum atomic E-state index is 13.0. The van der Waals surface area contributed by atoms with Gasteiger partial charge in [-0.1, -0.05) is 0 Å². The van der Waals surface area contributed by atoms with Crippen LogP contribution in [0.2, 0.25) is 0 Å². The van der Waals surface area contributed by atoms with E-state index in [-0.39, 0.29) is 18.0 Å². The summed E-state index contributed by atoms with van der Waals surface area (Å²) in [4.78, 5) is 0.153. The Hall–Kier alpha value is -2.10. The quantitative estimate of drug-likeness (QED) is 0.847. The third-order valence-corrected chi connectivity index (χ3v) is 6.03. The zero-order chi connectivity index (χ0) is 18.0. The molecule has 0 unspecified atom stereocenters. The Labute approximate surface area is 146 Å². The van der Waals surface area contributed by atoms with Gasteiger partial charge in [-0.25, -0.2) is 8.42 Å². The van der Waals surface area contributed by atoms with E-state index in [1.54, 1.807) is 16.8 Å². The van der Waals surface area contributed by atoms with Crippen LogP contribution in [0.15, 0.2) is 29.2 Å². The number of rotatable bonds is 5. The molecular formula is C16H21N3O5S. The number of hydrogen-bond donors (Lipinski definition) is 1. The molecule has 0 saturated carbocycles. The Kier molecular flexibility index (Phi) is 4.98. The van der Waals surface area contributed by atoms with E-state index >= 15 is 0 Å². The van der Waals surface area contributed by atoms with Gasteiger partial charge in [-0.15, -0.1) is 0 Å². The predicted octanol–water partition coefficient (Wildman–Crippen LogP) is 0.987. The molecule has 1 aliphatic heterocycles. The molecule has 1 aromatic carbocycles. The lowest BCUT2D eigenvalue weighted by Crippen LogP contribution is -2.30. The summed E-state index contributed by atoms with van der Waals surface area (Å²) >= 11 is 0. The Morgan fingerprint density at radius 3 is 2.60 bits per heavy atom. The zero-order valence-corrected chi connectivity index (χ0v) is 15.0. The highest BCUT2D eigenvalue weighted by atomic mass is 32.2. The number of aliphatic hydroxyl groups is 1. The number of benzene rings is 1. The molecular weight excluding hydrogens is 346 g/mol. The van der Waals surface area contributed by atoms with Crippen LogP contribution in [0, 0.1) is 0 Å². The van der Waals surface area contributed by atoms with Crippen molar-refractivity contribution in [3.63, 3.8) is 0 Å². The summed E-state index contributed by atoms with van der Waals surface area (Å²) in [6.45, 7) is 1.06. The average molecular weight is 367 g/mol. The number of fused-ring (bicyclic) bond motifs is 1. The summed E-state index contributed by atoms with van der Waals surface area (Å²) in [5, 5.41) is 13.5. The van der Waals surface area contributed by atoms with E-state index in [1.165, 1.54) is 30.7 Å². The second-order valence-corrected chi connectivity index (χ2v) is 7.66. The van der Waals surface area contributed by atoms with E-state index in [0.717, 1.165) is 5.69 Å². The molecule has 25 heavy (non-hydrogen) atoms. The number of nitrogens with zero attached hydrogens (tertiary/aromatic N) is 3. The molecule has 0 bridgehead atoms. The van der Waals surface area contributed by atoms with Gasteiger partial charge in [0.1, 0.15) is 0 Å². The highest BCUT2D eigenvalue weighted by molar-refractivity contribution is 7.89. The number of ether oxygens (including phenoxy) is 2. The van der Waals surface area contributed by atoms with Gasteiger partial charge in [0.2, 0.25) is 10.0 Å². The molecule has 0 fully saturated rings. The van der Waals surface area contributed by atoms with Gasteiger partial charge in [0, 0.05) is 19.2 Å². The third-order valence-electron chi connectivity index (χ3n) is 4.18. The number of aliphatic hydroxyl groups excluding tert-OH is 1. The highest BCUT2D eigenvalue weighted by Crippen LogP contribution is 2.31. The second kappa shape index (κ2) is 7.03. The topological polar surface area (TPSA) is 93.9 Å². The van der Waals surface area contributed by atoms with E-state index in [4.69, 9.17) is 9.47 Å². The molecule has 2 aromatic rings. The van der Waals surface area contributed by atoms with E-state index in [0.29, 0.717) is 36.7 Å². The van der Waals surface area contributed by atoms with Crippen molar-refractivity contribution in [2.24, 2.45) is 0 Å². The Balaban J connectivity index is 1.94. The first-order valence-corrected chi connectivity index (χ1v) is 9.32. The fourth-order valence-electron chi connectivity index (χ4n) is 2.90. The standard InChI is InChI=1S/C16H21N3O5S/c1-23-15-5-4-14(9-16(15)24-2)25(21,22)18-6-3-7-19-13(10-18)8-12(11-20)17-19/h4-5,8-9,20H,3,6-7,10-11H2,1-2H3. The minimum atomic E-state index is -3.69. The van der Waals surface area contributed by atoms with Gasteiger partial charge < -0.3 is 14.6 Å². The lowest BCUT2D eigenvalue weighted by Gasteiger charge is -2.20. The van der Waals surface area contributed by atoms with Gasteiger partial charge >= 0.3 is 0 Å². The predicted molar refractivity (Wildman–Crippen MR) is 89.9 cm³/mol.